The van der Waals surface area contributed by atoms with Gasteiger partial charge in [0.05, 0.1) is 18.6 Å². The summed E-state index contributed by atoms with van der Waals surface area (Å²) in [6.45, 7) is 14.6. The summed E-state index contributed by atoms with van der Waals surface area (Å²) < 4.78 is 46.5. The highest BCUT2D eigenvalue weighted by Gasteiger charge is 2.30. The van der Waals surface area contributed by atoms with Gasteiger partial charge in [0.15, 0.2) is 5.88 Å². The van der Waals surface area contributed by atoms with E-state index in [4.69, 9.17) is 13.7 Å². The lowest BCUT2D eigenvalue weighted by molar-refractivity contribution is 0.135. The molecule has 10 heteroatoms. The molecule has 1 aliphatic heterocycles. The maximum absolute atomic E-state index is 14.0. The first-order chi connectivity index (χ1) is 17.8. The van der Waals surface area contributed by atoms with Crippen LogP contribution in [0.15, 0.2) is 27.9 Å². The summed E-state index contributed by atoms with van der Waals surface area (Å²) >= 11 is 0. The third-order valence-electron chi connectivity index (χ3n) is 6.82. The number of aryl methyl sites for hydroxylation is 1. The van der Waals surface area contributed by atoms with Gasteiger partial charge in [-0.25, -0.2) is 4.98 Å². The van der Waals surface area contributed by atoms with E-state index in [9.17, 15) is 13.2 Å². The van der Waals surface area contributed by atoms with Crippen LogP contribution in [0.5, 0.6) is 11.8 Å². The van der Waals surface area contributed by atoms with Gasteiger partial charge < -0.3 is 13.7 Å². The molecule has 206 valence electrons. The zero-order chi connectivity index (χ0) is 27.9. The topological polar surface area (TPSA) is 110 Å². The number of rotatable bonds is 8. The lowest BCUT2D eigenvalue weighted by Gasteiger charge is -2.22. The molecular weight excluding hydrogens is 506 g/mol. The van der Waals surface area contributed by atoms with Crippen molar-refractivity contribution in [1.82, 2.24) is 14.5 Å². The Morgan fingerprint density at radius 2 is 1.63 bits per heavy atom. The third-order valence-corrected chi connectivity index (χ3v) is 8.17. The second-order valence-electron chi connectivity index (χ2n) is 10.8. The van der Waals surface area contributed by atoms with E-state index in [-0.39, 0.29) is 57.2 Å². The number of hydrogen-bond donors (Lipinski definition) is 0. The van der Waals surface area contributed by atoms with Crippen LogP contribution in [0.3, 0.4) is 0 Å². The molecule has 0 aliphatic carbocycles. The summed E-state index contributed by atoms with van der Waals surface area (Å²) in [5, 5.41) is 0.173. The van der Waals surface area contributed by atoms with Crippen molar-refractivity contribution in [2.75, 3.05) is 13.2 Å². The molecule has 1 unspecified atom stereocenters. The zero-order valence-corrected chi connectivity index (χ0v) is 24.2. The van der Waals surface area contributed by atoms with Crippen molar-refractivity contribution < 1.29 is 22.1 Å². The van der Waals surface area contributed by atoms with E-state index in [1.165, 1.54) is 4.57 Å². The molecule has 0 saturated carbocycles. The first-order valence-corrected chi connectivity index (χ1v) is 14.5. The maximum Gasteiger partial charge on any atom is 0.341 e. The van der Waals surface area contributed by atoms with E-state index >= 15 is 0 Å². The van der Waals surface area contributed by atoms with E-state index in [2.05, 4.69) is 23.8 Å². The van der Waals surface area contributed by atoms with Crippen molar-refractivity contribution in [2.45, 2.75) is 83.6 Å². The molecule has 4 rings (SSSR count). The molecule has 0 amide bonds. The highest BCUT2D eigenvalue weighted by Crippen LogP contribution is 2.37. The second-order valence-corrected chi connectivity index (χ2v) is 12.3. The van der Waals surface area contributed by atoms with Crippen molar-refractivity contribution in [3.8, 4) is 11.8 Å². The Hall–Kier alpha value is -2.98. The molecule has 0 spiro atoms. The Morgan fingerprint density at radius 3 is 2.16 bits per heavy atom. The average molecular weight is 544 g/mol. The number of aromatic nitrogens is 3. The van der Waals surface area contributed by atoms with Gasteiger partial charge >= 0.3 is 10.1 Å². The molecule has 38 heavy (non-hydrogen) atoms. The van der Waals surface area contributed by atoms with Crippen molar-refractivity contribution in [2.24, 2.45) is 7.05 Å². The zero-order valence-electron chi connectivity index (χ0n) is 23.4. The molecule has 0 bridgehead atoms. The Morgan fingerprint density at radius 1 is 1.00 bits per heavy atom. The number of nitrogens with zero attached hydrogens (tertiary/aromatic N) is 3. The van der Waals surface area contributed by atoms with Gasteiger partial charge in [0, 0.05) is 19.5 Å². The minimum Gasteiger partial charge on any atom is -0.473 e. The number of fused-ring (bicyclic) bond motifs is 1. The summed E-state index contributed by atoms with van der Waals surface area (Å²) in [6.07, 6.45) is 0.482. The highest BCUT2D eigenvalue weighted by atomic mass is 32.2. The number of pyridine rings is 1. The van der Waals surface area contributed by atoms with Crippen LogP contribution in [-0.4, -0.2) is 42.3 Å². The van der Waals surface area contributed by atoms with Crippen molar-refractivity contribution in [1.29, 1.82) is 0 Å². The maximum atomic E-state index is 14.0. The van der Waals surface area contributed by atoms with Gasteiger partial charge in [0.2, 0.25) is 5.88 Å². The van der Waals surface area contributed by atoms with E-state index in [1.807, 2.05) is 39.8 Å². The van der Waals surface area contributed by atoms with Crippen LogP contribution in [-0.2, 0) is 21.9 Å². The molecule has 0 N–H and O–H groups in total. The fourth-order valence-corrected chi connectivity index (χ4v) is 6.19. The third kappa shape index (κ3) is 5.42. The predicted molar refractivity (Wildman–Crippen MR) is 146 cm³/mol. The molecule has 1 atom stereocenters. The van der Waals surface area contributed by atoms with Gasteiger partial charge in [-0.05, 0) is 41.4 Å². The molecule has 0 radical (unpaired) electrons. The number of ether oxygens (including phenoxy) is 2. The molecule has 1 aromatic carbocycles. The van der Waals surface area contributed by atoms with Gasteiger partial charge in [-0.15, -0.1) is 0 Å². The Labute approximate surface area is 224 Å². The van der Waals surface area contributed by atoms with Crippen LogP contribution in [0.4, 0.5) is 0 Å². The standard InChI is InChI=1S/C28H37N3O6S/c1-15(2)19-11-21(16(3)4)26(22(12-19)17(5)6)38(33,34)37-27-23-13-24(36-20-9-10-35-14-20)31(8)28(32)25(23)29-18(7)30-27/h11-13,15-17,20H,9-10,14H2,1-8H3. The SMILES string of the molecule is Cc1nc(OS(=O)(=O)c2c(C(C)C)cc(C(C)C)cc2C(C)C)c2cc(OC3CCOC3)n(C)c(=O)c2n1. The summed E-state index contributed by atoms with van der Waals surface area (Å²) in [7, 11) is -2.75. The van der Waals surface area contributed by atoms with Crippen LogP contribution in [0.25, 0.3) is 10.9 Å². The van der Waals surface area contributed by atoms with Gasteiger partial charge in [-0.3, -0.25) is 9.36 Å². The van der Waals surface area contributed by atoms with E-state index in [0.29, 0.717) is 30.8 Å². The van der Waals surface area contributed by atoms with Gasteiger partial charge in [0.1, 0.15) is 22.3 Å². The summed E-state index contributed by atoms with van der Waals surface area (Å²) in [6, 6.07) is 5.46. The Balaban J connectivity index is 1.90. The normalized spacial score (nSPS) is 16.2. The smallest absolute Gasteiger partial charge is 0.341 e. The molecular formula is C28H37N3O6S. The number of hydrogen-bond acceptors (Lipinski definition) is 8. The van der Waals surface area contributed by atoms with Crippen LogP contribution >= 0.6 is 0 Å². The first kappa shape index (κ1) is 28.0. The predicted octanol–water partition coefficient (Wildman–Crippen LogP) is 4.94. The average Bonchev–Trinajstić information content (AvgIpc) is 3.35. The molecule has 9 nitrogen and oxygen atoms in total. The fourth-order valence-electron chi connectivity index (χ4n) is 4.60. The largest absolute Gasteiger partial charge is 0.473 e. The van der Waals surface area contributed by atoms with Crippen molar-refractivity contribution in [3.05, 3.63) is 51.1 Å². The van der Waals surface area contributed by atoms with Gasteiger partial charge in [-0.1, -0.05) is 53.7 Å². The minimum absolute atomic E-state index is 0.0588. The van der Waals surface area contributed by atoms with Gasteiger partial charge in [-0.2, -0.15) is 13.4 Å². The second kappa shape index (κ2) is 10.6. The molecule has 3 aromatic rings. The van der Waals surface area contributed by atoms with Gasteiger partial charge in [0.25, 0.3) is 5.56 Å². The monoisotopic (exact) mass is 543 g/mol. The van der Waals surface area contributed by atoms with Crippen molar-refractivity contribution >= 4 is 21.0 Å². The van der Waals surface area contributed by atoms with Crippen molar-refractivity contribution in [3.63, 3.8) is 0 Å². The highest BCUT2D eigenvalue weighted by molar-refractivity contribution is 7.87. The van der Waals surface area contributed by atoms with Crippen LogP contribution < -0.4 is 14.5 Å². The minimum atomic E-state index is -4.33. The summed E-state index contributed by atoms with van der Waals surface area (Å²) in [4.78, 5) is 22.0. The first-order valence-electron chi connectivity index (χ1n) is 13.0. The molecule has 1 saturated heterocycles. The molecule has 3 heterocycles. The summed E-state index contributed by atoms with van der Waals surface area (Å²) in [5.74, 6) is 0.389. The van der Waals surface area contributed by atoms with Crippen LogP contribution in [0.2, 0.25) is 0 Å². The van der Waals surface area contributed by atoms with E-state index < -0.39 is 15.7 Å². The lowest BCUT2D eigenvalue weighted by atomic mass is 9.89. The Bertz CT molecular complexity index is 1490. The molecule has 2 aromatic heterocycles. The van der Waals surface area contributed by atoms with Crippen LogP contribution in [0.1, 0.15) is 88.2 Å². The number of benzene rings is 1. The Kier molecular flexibility index (Phi) is 7.86. The van der Waals surface area contributed by atoms with Crippen LogP contribution in [0, 0.1) is 6.92 Å². The van der Waals surface area contributed by atoms with E-state index in [0.717, 1.165) is 5.56 Å². The molecule has 1 fully saturated rings. The lowest BCUT2D eigenvalue weighted by Crippen LogP contribution is -2.25. The molecule has 1 aliphatic rings. The quantitative estimate of drug-likeness (QED) is 0.368. The van der Waals surface area contributed by atoms with E-state index in [1.54, 1.807) is 20.0 Å². The fraction of sp³-hybridized carbons (Fsp3) is 0.536. The summed E-state index contributed by atoms with van der Waals surface area (Å²) in [5.41, 5.74) is 2.08.